The summed E-state index contributed by atoms with van der Waals surface area (Å²) in [7, 11) is 0. The van der Waals surface area contributed by atoms with E-state index in [1.165, 1.54) is 0 Å². The van der Waals surface area contributed by atoms with Crippen molar-refractivity contribution in [3.05, 3.63) is 27.9 Å². The zero-order chi connectivity index (χ0) is 15.5. The summed E-state index contributed by atoms with van der Waals surface area (Å²) in [6, 6.07) is 1.57. The first-order chi connectivity index (χ1) is 9.85. The third-order valence-electron chi connectivity index (χ3n) is 3.86. The number of aromatic nitrogens is 2. The average molecular weight is 293 g/mol. The molecule has 0 saturated heterocycles. The second-order valence-corrected chi connectivity index (χ2v) is 6.82. The molecule has 0 amide bonds. The third kappa shape index (κ3) is 4.14. The Balaban J connectivity index is 2.27. The van der Waals surface area contributed by atoms with Crippen LogP contribution >= 0.6 is 0 Å². The first kappa shape index (κ1) is 16.2. The lowest BCUT2D eigenvalue weighted by Gasteiger charge is -2.28. The van der Waals surface area contributed by atoms with E-state index in [1.807, 2.05) is 6.92 Å². The van der Waals surface area contributed by atoms with Crippen LogP contribution in [0.3, 0.4) is 0 Å². The number of hydrogen-bond donors (Lipinski definition) is 2. The van der Waals surface area contributed by atoms with Crippen LogP contribution in [0.15, 0.2) is 10.9 Å². The van der Waals surface area contributed by atoms with Crippen LogP contribution < -0.4 is 10.9 Å². The van der Waals surface area contributed by atoms with E-state index < -0.39 is 5.60 Å². The summed E-state index contributed by atoms with van der Waals surface area (Å²) in [6.07, 6.45) is 4.10. The maximum Gasteiger partial charge on any atom is 0.251 e. The molecule has 1 aliphatic carbocycles. The molecule has 1 fully saturated rings. The molecule has 0 aliphatic heterocycles. The number of aromatic amines is 1. The zero-order valence-electron chi connectivity index (χ0n) is 13.6. The molecule has 0 aromatic carbocycles. The van der Waals surface area contributed by atoms with Gasteiger partial charge in [0, 0.05) is 24.8 Å². The molecule has 0 radical (unpaired) electrons. The summed E-state index contributed by atoms with van der Waals surface area (Å²) in [4.78, 5) is 19.5. The number of H-pyrrole nitrogens is 1. The van der Waals surface area contributed by atoms with E-state index in [1.54, 1.807) is 6.07 Å². The Morgan fingerprint density at radius 1 is 1.38 bits per heavy atom. The average Bonchev–Trinajstić information content (AvgIpc) is 2.85. The molecule has 5 nitrogen and oxygen atoms in total. The fourth-order valence-electron chi connectivity index (χ4n) is 2.84. The van der Waals surface area contributed by atoms with Gasteiger partial charge in [0.05, 0.1) is 5.69 Å². The Hall–Kier alpha value is -1.20. The smallest absolute Gasteiger partial charge is 0.251 e. The molecule has 0 spiro atoms. The van der Waals surface area contributed by atoms with Crippen LogP contribution in [-0.2, 0) is 16.9 Å². The molecule has 1 heterocycles. The molecule has 1 aliphatic rings. The van der Waals surface area contributed by atoms with Crippen molar-refractivity contribution in [2.24, 2.45) is 0 Å². The highest BCUT2D eigenvalue weighted by molar-refractivity contribution is 5.11. The van der Waals surface area contributed by atoms with Gasteiger partial charge in [-0.05, 0) is 53.4 Å². The molecule has 2 rings (SSSR count). The number of ether oxygens (including phenoxy) is 1. The maximum absolute atomic E-state index is 12.0. The molecule has 118 valence electrons. The molecule has 21 heavy (non-hydrogen) atoms. The van der Waals surface area contributed by atoms with Crippen molar-refractivity contribution in [1.82, 2.24) is 15.3 Å². The SMILES string of the molecule is CCOC1(c2nc(CNC(C)(C)C)cc(=O)[nH]2)CCCC1. The quantitative estimate of drug-likeness (QED) is 0.875. The van der Waals surface area contributed by atoms with E-state index in [0.717, 1.165) is 31.4 Å². The van der Waals surface area contributed by atoms with Gasteiger partial charge in [-0.3, -0.25) is 4.79 Å². The Labute approximate surface area is 126 Å². The topological polar surface area (TPSA) is 67.0 Å². The highest BCUT2D eigenvalue weighted by Gasteiger charge is 2.39. The Morgan fingerprint density at radius 3 is 2.62 bits per heavy atom. The molecular weight excluding hydrogens is 266 g/mol. The molecule has 2 N–H and O–H groups in total. The van der Waals surface area contributed by atoms with Gasteiger partial charge in [-0.1, -0.05) is 0 Å². The van der Waals surface area contributed by atoms with Gasteiger partial charge in [-0.15, -0.1) is 0 Å². The second kappa shape index (κ2) is 6.28. The largest absolute Gasteiger partial charge is 0.367 e. The third-order valence-corrected chi connectivity index (χ3v) is 3.86. The van der Waals surface area contributed by atoms with Crippen LogP contribution in [0.5, 0.6) is 0 Å². The van der Waals surface area contributed by atoms with E-state index in [-0.39, 0.29) is 11.1 Å². The van der Waals surface area contributed by atoms with Crippen molar-refractivity contribution in [2.45, 2.75) is 71.1 Å². The Kier molecular flexibility index (Phi) is 4.84. The summed E-state index contributed by atoms with van der Waals surface area (Å²) < 4.78 is 5.98. The second-order valence-electron chi connectivity index (χ2n) is 6.82. The normalized spacial score (nSPS) is 18.1. The van der Waals surface area contributed by atoms with Crippen molar-refractivity contribution >= 4 is 0 Å². The molecule has 1 aromatic heterocycles. The van der Waals surface area contributed by atoms with Gasteiger partial charge in [-0.25, -0.2) is 4.98 Å². The van der Waals surface area contributed by atoms with E-state index in [4.69, 9.17) is 4.74 Å². The van der Waals surface area contributed by atoms with Crippen LogP contribution in [0.4, 0.5) is 0 Å². The van der Waals surface area contributed by atoms with Gasteiger partial charge in [0.1, 0.15) is 11.4 Å². The standard InChI is InChI=1S/C16H27N3O2/c1-5-21-16(8-6-7-9-16)14-18-12(10-13(20)19-14)11-17-15(2,3)4/h10,17H,5-9,11H2,1-4H3,(H,18,19,20). The van der Waals surface area contributed by atoms with Crippen LogP contribution in [0.25, 0.3) is 0 Å². The van der Waals surface area contributed by atoms with Gasteiger partial charge in [0.2, 0.25) is 0 Å². The van der Waals surface area contributed by atoms with Gasteiger partial charge >= 0.3 is 0 Å². The number of nitrogens with one attached hydrogen (secondary N) is 2. The van der Waals surface area contributed by atoms with Gasteiger partial charge < -0.3 is 15.0 Å². The number of rotatable bonds is 5. The molecule has 0 bridgehead atoms. The predicted octanol–water partition coefficient (Wildman–Crippen LogP) is 2.46. The van der Waals surface area contributed by atoms with E-state index in [0.29, 0.717) is 19.0 Å². The van der Waals surface area contributed by atoms with E-state index in [9.17, 15) is 4.79 Å². The highest BCUT2D eigenvalue weighted by Crippen LogP contribution is 2.40. The van der Waals surface area contributed by atoms with Crippen LogP contribution in [0, 0.1) is 0 Å². The highest BCUT2D eigenvalue weighted by atomic mass is 16.5. The number of nitrogens with zero attached hydrogens (tertiary/aromatic N) is 1. The fourth-order valence-corrected chi connectivity index (χ4v) is 2.84. The van der Waals surface area contributed by atoms with Crippen LogP contribution in [0.1, 0.15) is 64.9 Å². The van der Waals surface area contributed by atoms with Crippen molar-refractivity contribution in [3.63, 3.8) is 0 Å². The monoisotopic (exact) mass is 293 g/mol. The molecular formula is C16H27N3O2. The summed E-state index contributed by atoms with van der Waals surface area (Å²) in [6.45, 7) is 9.50. The van der Waals surface area contributed by atoms with Crippen molar-refractivity contribution in [2.75, 3.05) is 6.61 Å². The first-order valence-electron chi connectivity index (χ1n) is 7.84. The molecule has 5 heteroatoms. The van der Waals surface area contributed by atoms with Crippen LogP contribution in [0.2, 0.25) is 0 Å². The lowest BCUT2D eigenvalue weighted by Crippen LogP contribution is -2.37. The lowest BCUT2D eigenvalue weighted by atomic mass is 10.0. The van der Waals surface area contributed by atoms with E-state index >= 15 is 0 Å². The van der Waals surface area contributed by atoms with Gasteiger partial charge in [0.25, 0.3) is 5.56 Å². The minimum atomic E-state index is -0.397. The molecule has 1 saturated carbocycles. The minimum absolute atomic E-state index is 0.00455. The van der Waals surface area contributed by atoms with Crippen LogP contribution in [-0.4, -0.2) is 22.1 Å². The predicted molar refractivity (Wildman–Crippen MR) is 83.2 cm³/mol. The maximum atomic E-state index is 12.0. The van der Waals surface area contributed by atoms with E-state index in [2.05, 4.69) is 36.1 Å². The zero-order valence-corrected chi connectivity index (χ0v) is 13.6. The Bertz CT molecular complexity index is 525. The summed E-state index contributed by atoms with van der Waals surface area (Å²) >= 11 is 0. The molecule has 0 unspecified atom stereocenters. The van der Waals surface area contributed by atoms with Crippen molar-refractivity contribution in [1.29, 1.82) is 0 Å². The molecule has 1 aromatic rings. The Morgan fingerprint density at radius 2 is 2.05 bits per heavy atom. The number of hydrogen-bond acceptors (Lipinski definition) is 4. The first-order valence-corrected chi connectivity index (χ1v) is 7.84. The molecule has 0 atom stereocenters. The lowest BCUT2D eigenvalue weighted by molar-refractivity contribution is -0.0460. The minimum Gasteiger partial charge on any atom is -0.367 e. The van der Waals surface area contributed by atoms with Gasteiger partial charge in [-0.2, -0.15) is 0 Å². The summed E-state index contributed by atoms with van der Waals surface area (Å²) in [5.74, 6) is 0.694. The van der Waals surface area contributed by atoms with Crippen molar-refractivity contribution in [3.8, 4) is 0 Å². The van der Waals surface area contributed by atoms with Gasteiger partial charge in [0.15, 0.2) is 0 Å². The summed E-state index contributed by atoms with van der Waals surface area (Å²) in [5.41, 5.74) is 0.271. The fraction of sp³-hybridized carbons (Fsp3) is 0.750. The van der Waals surface area contributed by atoms with Crippen molar-refractivity contribution < 1.29 is 4.74 Å². The summed E-state index contributed by atoms with van der Waals surface area (Å²) in [5, 5.41) is 3.37.